The lowest BCUT2D eigenvalue weighted by Gasteiger charge is -2.44. The highest BCUT2D eigenvalue weighted by Gasteiger charge is 2.45. The zero-order valence-corrected chi connectivity index (χ0v) is 10.8. The Morgan fingerprint density at radius 2 is 2.06 bits per heavy atom. The lowest BCUT2D eigenvalue weighted by atomic mass is 9.72. The number of hydrogen-bond donors (Lipinski definition) is 1. The molecule has 0 unspecified atom stereocenters. The molecule has 1 N–H and O–H groups in total. The lowest BCUT2D eigenvalue weighted by molar-refractivity contribution is -0.143. The van der Waals surface area contributed by atoms with Gasteiger partial charge in [0.2, 0.25) is 0 Å². The van der Waals surface area contributed by atoms with Gasteiger partial charge in [-0.15, -0.1) is 6.58 Å². The summed E-state index contributed by atoms with van der Waals surface area (Å²) in [6.07, 6.45) is 2.86. The zero-order chi connectivity index (χ0) is 13.0. The SMILES string of the molecule is C=CCOCc1ccc(C2(OC)CC(O)C2)cc1. The van der Waals surface area contributed by atoms with Gasteiger partial charge in [0, 0.05) is 20.0 Å². The van der Waals surface area contributed by atoms with Gasteiger partial charge in [-0.2, -0.15) is 0 Å². The topological polar surface area (TPSA) is 38.7 Å². The molecule has 3 heteroatoms. The molecule has 3 nitrogen and oxygen atoms in total. The van der Waals surface area contributed by atoms with Crippen LogP contribution in [0.25, 0.3) is 0 Å². The molecule has 0 aliphatic heterocycles. The molecule has 1 fully saturated rings. The Kier molecular flexibility index (Phi) is 4.17. The van der Waals surface area contributed by atoms with Crippen LogP contribution in [0.4, 0.5) is 0 Å². The van der Waals surface area contributed by atoms with E-state index in [1.54, 1.807) is 13.2 Å². The Morgan fingerprint density at radius 1 is 1.39 bits per heavy atom. The van der Waals surface area contributed by atoms with Crippen LogP contribution in [0.2, 0.25) is 0 Å². The molecule has 0 radical (unpaired) electrons. The molecule has 0 spiro atoms. The van der Waals surface area contributed by atoms with Gasteiger partial charge in [0.25, 0.3) is 0 Å². The van der Waals surface area contributed by atoms with Gasteiger partial charge in [0.15, 0.2) is 0 Å². The van der Waals surface area contributed by atoms with Gasteiger partial charge >= 0.3 is 0 Å². The first-order valence-corrected chi connectivity index (χ1v) is 6.21. The number of benzene rings is 1. The Labute approximate surface area is 108 Å². The number of hydrogen-bond acceptors (Lipinski definition) is 3. The van der Waals surface area contributed by atoms with E-state index in [2.05, 4.69) is 18.7 Å². The van der Waals surface area contributed by atoms with E-state index >= 15 is 0 Å². The van der Waals surface area contributed by atoms with Crippen molar-refractivity contribution >= 4 is 0 Å². The van der Waals surface area contributed by atoms with Crippen molar-refractivity contribution in [2.45, 2.75) is 31.2 Å². The molecule has 1 aromatic carbocycles. The molecule has 0 aromatic heterocycles. The molecule has 98 valence electrons. The summed E-state index contributed by atoms with van der Waals surface area (Å²) in [4.78, 5) is 0. The normalized spacial score (nSPS) is 26.7. The lowest BCUT2D eigenvalue weighted by Crippen LogP contribution is -2.46. The van der Waals surface area contributed by atoms with Crippen molar-refractivity contribution in [1.82, 2.24) is 0 Å². The monoisotopic (exact) mass is 248 g/mol. The maximum atomic E-state index is 9.46. The van der Waals surface area contributed by atoms with Crippen molar-refractivity contribution in [1.29, 1.82) is 0 Å². The summed E-state index contributed by atoms with van der Waals surface area (Å²) in [5, 5.41) is 9.46. The predicted octanol–water partition coefficient (Wildman–Crippen LogP) is 2.39. The van der Waals surface area contributed by atoms with Crippen molar-refractivity contribution in [2.24, 2.45) is 0 Å². The number of methoxy groups -OCH3 is 1. The van der Waals surface area contributed by atoms with E-state index in [9.17, 15) is 5.11 Å². The minimum Gasteiger partial charge on any atom is -0.393 e. The van der Waals surface area contributed by atoms with E-state index in [1.807, 2.05) is 12.1 Å². The fraction of sp³-hybridized carbons (Fsp3) is 0.467. The first-order valence-electron chi connectivity index (χ1n) is 6.21. The van der Waals surface area contributed by atoms with Crippen molar-refractivity contribution in [2.75, 3.05) is 13.7 Å². The number of aliphatic hydroxyl groups is 1. The summed E-state index contributed by atoms with van der Waals surface area (Å²) in [6.45, 7) is 4.77. The molecule has 1 aliphatic rings. The number of aliphatic hydroxyl groups excluding tert-OH is 1. The van der Waals surface area contributed by atoms with Crippen LogP contribution in [0.5, 0.6) is 0 Å². The quantitative estimate of drug-likeness (QED) is 0.620. The first-order chi connectivity index (χ1) is 8.70. The molecule has 0 bridgehead atoms. The first kappa shape index (κ1) is 13.3. The van der Waals surface area contributed by atoms with Crippen molar-refractivity contribution in [3.8, 4) is 0 Å². The fourth-order valence-corrected chi connectivity index (χ4v) is 2.39. The largest absolute Gasteiger partial charge is 0.393 e. The highest BCUT2D eigenvalue weighted by molar-refractivity contribution is 5.29. The van der Waals surface area contributed by atoms with E-state index in [0.717, 1.165) is 11.1 Å². The Bertz CT molecular complexity index is 391. The molecular formula is C15H20O3. The molecule has 0 atom stereocenters. The van der Waals surface area contributed by atoms with E-state index in [-0.39, 0.29) is 11.7 Å². The molecule has 0 amide bonds. The van der Waals surface area contributed by atoms with Crippen LogP contribution in [-0.4, -0.2) is 24.9 Å². The van der Waals surface area contributed by atoms with Gasteiger partial charge in [0.1, 0.15) is 0 Å². The predicted molar refractivity (Wildman–Crippen MR) is 70.2 cm³/mol. The molecule has 1 saturated carbocycles. The summed E-state index contributed by atoms with van der Waals surface area (Å²) in [5.74, 6) is 0. The molecule has 18 heavy (non-hydrogen) atoms. The van der Waals surface area contributed by atoms with Crippen LogP contribution in [-0.2, 0) is 21.7 Å². The van der Waals surface area contributed by atoms with Gasteiger partial charge in [-0.05, 0) is 11.1 Å². The summed E-state index contributed by atoms with van der Waals surface area (Å²) < 4.78 is 11.0. The summed E-state index contributed by atoms with van der Waals surface area (Å²) in [5.41, 5.74) is 1.97. The van der Waals surface area contributed by atoms with Gasteiger partial charge in [-0.1, -0.05) is 30.3 Å². The number of rotatable bonds is 6. The van der Waals surface area contributed by atoms with Gasteiger partial charge < -0.3 is 14.6 Å². The molecule has 0 heterocycles. The Hall–Kier alpha value is -1.16. The molecule has 1 aliphatic carbocycles. The average Bonchev–Trinajstić information content (AvgIpc) is 2.36. The van der Waals surface area contributed by atoms with Gasteiger partial charge in [-0.3, -0.25) is 0 Å². The maximum absolute atomic E-state index is 9.46. The summed E-state index contributed by atoms with van der Waals surface area (Å²) in [7, 11) is 1.70. The highest BCUT2D eigenvalue weighted by atomic mass is 16.5. The molecule has 2 rings (SSSR count). The minimum atomic E-state index is -0.292. The molecular weight excluding hydrogens is 228 g/mol. The van der Waals surface area contributed by atoms with Crippen molar-refractivity contribution in [3.05, 3.63) is 48.0 Å². The van der Waals surface area contributed by atoms with Crippen LogP contribution in [0, 0.1) is 0 Å². The molecule has 1 aromatic rings. The fourth-order valence-electron chi connectivity index (χ4n) is 2.39. The van der Waals surface area contributed by atoms with Crippen LogP contribution >= 0.6 is 0 Å². The minimum absolute atomic E-state index is 0.236. The third-order valence-corrected chi connectivity index (χ3v) is 3.51. The van der Waals surface area contributed by atoms with E-state index in [4.69, 9.17) is 9.47 Å². The van der Waals surface area contributed by atoms with Crippen LogP contribution in [0.3, 0.4) is 0 Å². The second-order valence-corrected chi connectivity index (χ2v) is 4.76. The Morgan fingerprint density at radius 3 is 2.56 bits per heavy atom. The van der Waals surface area contributed by atoms with E-state index in [1.165, 1.54) is 0 Å². The van der Waals surface area contributed by atoms with Crippen molar-refractivity contribution in [3.63, 3.8) is 0 Å². The second kappa shape index (κ2) is 5.65. The van der Waals surface area contributed by atoms with Gasteiger partial charge in [-0.25, -0.2) is 0 Å². The standard InChI is InChI=1S/C15H20O3/c1-3-8-18-11-12-4-6-13(7-5-12)15(17-2)9-14(16)10-15/h3-7,14,16H,1,8-11H2,2H3. The van der Waals surface area contributed by atoms with Crippen LogP contribution in [0.1, 0.15) is 24.0 Å². The van der Waals surface area contributed by atoms with Gasteiger partial charge in [0.05, 0.1) is 24.9 Å². The summed E-state index contributed by atoms with van der Waals surface area (Å²) in [6, 6.07) is 8.21. The molecule has 0 saturated heterocycles. The van der Waals surface area contributed by atoms with Crippen molar-refractivity contribution < 1.29 is 14.6 Å². The highest BCUT2D eigenvalue weighted by Crippen LogP contribution is 2.44. The third kappa shape index (κ3) is 2.64. The zero-order valence-electron chi connectivity index (χ0n) is 10.8. The number of ether oxygens (including phenoxy) is 2. The third-order valence-electron chi connectivity index (χ3n) is 3.51. The average molecular weight is 248 g/mol. The van der Waals surface area contributed by atoms with Crippen LogP contribution in [0.15, 0.2) is 36.9 Å². The van der Waals surface area contributed by atoms with Crippen LogP contribution < -0.4 is 0 Å². The second-order valence-electron chi connectivity index (χ2n) is 4.76. The van der Waals surface area contributed by atoms with E-state index < -0.39 is 0 Å². The maximum Gasteiger partial charge on any atom is 0.0976 e. The Balaban J connectivity index is 2.01. The van der Waals surface area contributed by atoms with E-state index in [0.29, 0.717) is 26.1 Å². The smallest absolute Gasteiger partial charge is 0.0976 e. The summed E-state index contributed by atoms with van der Waals surface area (Å²) >= 11 is 0.